The van der Waals surface area contributed by atoms with Gasteiger partial charge in [0.05, 0.1) is 11.3 Å². The van der Waals surface area contributed by atoms with Crippen molar-refractivity contribution in [1.29, 1.82) is 0 Å². The van der Waals surface area contributed by atoms with Gasteiger partial charge in [0.1, 0.15) is 0 Å². The van der Waals surface area contributed by atoms with Gasteiger partial charge in [0.2, 0.25) is 5.91 Å². The second-order valence-electron chi connectivity index (χ2n) is 4.55. The van der Waals surface area contributed by atoms with Crippen LogP contribution < -0.4 is 16.4 Å². The van der Waals surface area contributed by atoms with Gasteiger partial charge < -0.3 is 16.4 Å². The Hall–Kier alpha value is -1.24. The van der Waals surface area contributed by atoms with Crippen molar-refractivity contribution in [3.8, 4) is 0 Å². The van der Waals surface area contributed by atoms with Gasteiger partial charge in [-0.3, -0.25) is 9.59 Å². The predicted molar refractivity (Wildman–Crippen MR) is 89.1 cm³/mol. The number of halogens is 1. The summed E-state index contributed by atoms with van der Waals surface area (Å²) in [5.41, 5.74) is 5.94. The molecule has 0 fully saturated rings. The summed E-state index contributed by atoms with van der Waals surface area (Å²) in [6, 6.07) is 7.35. The van der Waals surface area contributed by atoms with Gasteiger partial charge in [-0.05, 0) is 26.0 Å². The Balaban J connectivity index is 0.00000400. The van der Waals surface area contributed by atoms with Crippen LogP contribution in [0.3, 0.4) is 0 Å². The molecular formula is C14H22ClN3O2S. The Morgan fingerprint density at radius 2 is 1.95 bits per heavy atom. The lowest BCUT2D eigenvalue weighted by Gasteiger charge is -2.10. The first kappa shape index (κ1) is 19.8. The van der Waals surface area contributed by atoms with Crippen LogP contribution in [0.15, 0.2) is 29.2 Å². The highest BCUT2D eigenvalue weighted by molar-refractivity contribution is 8.00. The van der Waals surface area contributed by atoms with Crippen molar-refractivity contribution < 1.29 is 9.59 Å². The average molecular weight is 332 g/mol. The molecule has 0 aliphatic heterocycles. The second kappa shape index (κ2) is 10.5. The number of benzene rings is 1. The Morgan fingerprint density at radius 3 is 2.57 bits per heavy atom. The van der Waals surface area contributed by atoms with Gasteiger partial charge in [-0.25, -0.2) is 0 Å². The molecule has 21 heavy (non-hydrogen) atoms. The van der Waals surface area contributed by atoms with Crippen LogP contribution in [0.2, 0.25) is 0 Å². The molecule has 0 aliphatic rings. The van der Waals surface area contributed by atoms with Gasteiger partial charge in [0.15, 0.2) is 0 Å². The van der Waals surface area contributed by atoms with Crippen LogP contribution in [-0.4, -0.2) is 36.7 Å². The molecule has 0 aliphatic carbocycles. The molecule has 1 aromatic rings. The highest BCUT2D eigenvalue weighted by Crippen LogP contribution is 2.22. The van der Waals surface area contributed by atoms with Crippen molar-refractivity contribution in [2.75, 3.05) is 18.8 Å². The summed E-state index contributed by atoms with van der Waals surface area (Å²) in [6.45, 7) is 4.66. The Bertz CT molecular complexity index is 469. The standard InChI is InChI=1S/C14H21N3O2S.ClH/c1-10(2)17-13(18)9-20-12-6-4-3-5-11(12)14(19)16-8-7-15;/h3-6,10H,7-9,15H2,1-2H3,(H,16,19)(H,17,18);1H. The van der Waals surface area contributed by atoms with Gasteiger partial charge in [-0.2, -0.15) is 0 Å². The van der Waals surface area contributed by atoms with Gasteiger partial charge in [0.25, 0.3) is 5.91 Å². The molecule has 2 amide bonds. The maximum absolute atomic E-state index is 12.0. The number of nitrogens with one attached hydrogen (secondary N) is 2. The van der Waals surface area contributed by atoms with Crippen LogP contribution in [0.4, 0.5) is 0 Å². The van der Waals surface area contributed by atoms with E-state index in [1.54, 1.807) is 12.1 Å². The van der Waals surface area contributed by atoms with Crippen molar-refractivity contribution in [1.82, 2.24) is 10.6 Å². The van der Waals surface area contributed by atoms with Crippen LogP contribution in [0.5, 0.6) is 0 Å². The van der Waals surface area contributed by atoms with Crippen molar-refractivity contribution in [2.45, 2.75) is 24.8 Å². The van der Waals surface area contributed by atoms with Crippen molar-refractivity contribution in [3.63, 3.8) is 0 Å². The predicted octanol–water partition coefficient (Wildman–Crippen LogP) is 1.41. The topological polar surface area (TPSA) is 84.2 Å². The molecule has 5 nitrogen and oxygen atoms in total. The molecule has 1 aromatic carbocycles. The zero-order valence-corrected chi connectivity index (χ0v) is 13.9. The molecule has 0 atom stereocenters. The van der Waals surface area contributed by atoms with E-state index in [4.69, 9.17) is 5.73 Å². The van der Waals surface area contributed by atoms with Crippen LogP contribution in [0.1, 0.15) is 24.2 Å². The lowest BCUT2D eigenvalue weighted by atomic mass is 10.2. The van der Waals surface area contributed by atoms with E-state index in [1.165, 1.54) is 11.8 Å². The summed E-state index contributed by atoms with van der Waals surface area (Å²) in [7, 11) is 0. The van der Waals surface area contributed by atoms with Gasteiger partial charge in [0, 0.05) is 24.0 Å². The summed E-state index contributed by atoms with van der Waals surface area (Å²) in [6.07, 6.45) is 0. The zero-order chi connectivity index (χ0) is 15.0. The molecule has 0 saturated carbocycles. The fourth-order valence-electron chi connectivity index (χ4n) is 1.57. The second-order valence-corrected chi connectivity index (χ2v) is 5.57. The number of amides is 2. The zero-order valence-electron chi connectivity index (χ0n) is 12.2. The minimum atomic E-state index is -0.164. The summed E-state index contributed by atoms with van der Waals surface area (Å²) in [4.78, 5) is 24.4. The van der Waals surface area contributed by atoms with E-state index < -0.39 is 0 Å². The number of rotatable bonds is 7. The number of hydrogen-bond donors (Lipinski definition) is 3. The third kappa shape index (κ3) is 7.36. The number of carbonyl (C=O) groups excluding carboxylic acids is 2. The van der Waals surface area contributed by atoms with E-state index in [9.17, 15) is 9.59 Å². The molecule has 4 N–H and O–H groups in total. The van der Waals surface area contributed by atoms with E-state index in [2.05, 4.69) is 10.6 Å². The summed E-state index contributed by atoms with van der Waals surface area (Å²) >= 11 is 1.35. The molecular weight excluding hydrogens is 310 g/mol. The van der Waals surface area contributed by atoms with Crippen molar-refractivity contribution >= 4 is 36.0 Å². The van der Waals surface area contributed by atoms with Gasteiger partial charge >= 0.3 is 0 Å². The van der Waals surface area contributed by atoms with Crippen LogP contribution >= 0.6 is 24.2 Å². The quantitative estimate of drug-likeness (QED) is 0.660. The van der Waals surface area contributed by atoms with E-state index in [0.717, 1.165) is 4.90 Å². The van der Waals surface area contributed by atoms with Crippen molar-refractivity contribution in [2.24, 2.45) is 5.73 Å². The number of hydrogen-bond acceptors (Lipinski definition) is 4. The van der Waals surface area contributed by atoms with E-state index in [-0.39, 0.29) is 30.3 Å². The maximum atomic E-state index is 12.0. The minimum absolute atomic E-state index is 0. The number of carbonyl (C=O) groups is 2. The Kier molecular flexibility index (Phi) is 9.86. The van der Waals surface area contributed by atoms with Crippen LogP contribution in [0, 0.1) is 0 Å². The molecule has 0 heterocycles. The monoisotopic (exact) mass is 331 g/mol. The average Bonchev–Trinajstić information content (AvgIpc) is 2.42. The van der Waals surface area contributed by atoms with Crippen LogP contribution in [-0.2, 0) is 4.79 Å². The summed E-state index contributed by atoms with van der Waals surface area (Å²) in [5.74, 6) is 0.0873. The first-order valence-electron chi connectivity index (χ1n) is 6.54. The highest BCUT2D eigenvalue weighted by atomic mass is 35.5. The molecule has 0 aromatic heterocycles. The number of nitrogens with two attached hydrogens (primary N) is 1. The highest BCUT2D eigenvalue weighted by Gasteiger charge is 2.12. The van der Waals surface area contributed by atoms with E-state index in [0.29, 0.717) is 24.4 Å². The summed E-state index contributed by atoms with van der Waals surface area (Å²) < 4.78 is 0. The number of thioether (sulfide) groups is 1. The third-order valence-corrected chi connectivity index (χ3v) is 3.44. The molecule has 7 heteroatoms. The lowest BCUT2D eigenvalue weighted by molar-refractivity contribution is -0.119. The normalized spacial score (nSPS) is 9.90. The fraction of sp³-hybridized carbons (Fsp3) is 0.429. The van der Waals surface area contributed by atoms with Crippen LogP contribution in [0.25, 0.3) is 0 Å². The Labute approximate surface area is 135 Å². The fourth-order valence-corrected chi connectivity index (χ4v) is 2.43. The van der Waals surface area contributed by atoms with E-state index >= 15 is 0 Å². The lowest BCUT2D eigenvalue weighted by Crippen LogP contribution is -2.31. The van der Waals surface area contributed by atoms with Crippen molar-refractivity contribution in [3.05, 3.63) is 29.8 Å². The summed E-state index contributed by atoms with van der Waals surface area (Å²) in [5, 5.41) is 5.55. The SMILES string of the molecule is CC(C)NC(=O)CSc1ccccc1C(=O)NCCN.Cl. The smallest absolute Gasteiger partial charge is 0.252 e. The molecule has 1 rings (SSSR count). The minimum Gasteiger partial charge on any atom is -0.353 e. The largest absolute Gasteiger partial charge is 0.353 e. The van der Waals surface area contributed by atoms with E-state index in [1.807, 2.05) is 26.0 Å². The molecule has 0 radical (unpaired) electrons. The first-order valence-corrected chi connectivity index (χ1v) is 7.52. The van der Waals surface area contributed by atoms with Gasteiger partial charge in [-0.15, -0.1) is 24.2 Å². The molecule has 0 bridgehead atoms. The molecule has 0 spiro atoms. The Morgan fingerprint density at radius 1 is 1.29 bits per heavy atom. The van der Waals surface area contributed by atoms with Gasteiger partial charge in [-0.1, -0.05) is 12.1 Å². The molecule has 0 saturated heterocycles. The molecule has 118 valence electrons. The third-order valence-electron chi connectivity index (χ3n) is 2.37. The first-order chi connectivity index (χ1) is 9.54. The maximum Gasteiger partial charge on any atom is 0.252 e. The molecule has 0 unspecified atom stereocenters.